The van der Waals surface area contributed by atoms with Crippen LogP contribution in [0.4, 0.5) is 13.2 Å². The van der Waals surface area contributed by atoms with E-state index >= 15 is 0 Å². The monoisotopic (exact) mass is 328 g/mol. The number of alkyl halides is 3. The first-order valence-electron chi connectivity index (χ1n) is 7.04. The zero-order valence-electron chi connectivity index (χ0n) is 12.6. The number of hydrogen-bond donors (Lipinski definition) is 0. The number of rotatable bonds is 2. The van der Waals surface area contributed by atoms with Gasteiger partial charge in [0.1, 0.15) is 6.54 Å². The van der Waals surface area contributed by atoms with Crippen molar-refractivity contribution in [1.82, 2.24) is 29.4 Å². The Morgan fingerprint density at radius 1 is 1.26 bits per heavy atom. The number of carbonyl (C=O) groups excluding carboxylic acids is 1. The van der Waals surface area contributed by atoms with Gasteiger partial charge in [-0.1, -0.05) is 0 Å². The lowest BCUT2D eigenvalue weighted by Gasteiger charge is -2.28. The highest BCUT2D eigenvalue weighted by molar-refractivity contribution is 5.76. The molecule has 0 saturated carbocycles. The van der Waals surface area contributed by atoms with Crippen LogP contribution in [0.1, 0.15) is 23.0 Å². The van der Waals surface area contributed by atoms with Gasteiger partial charge in [-0.2, -0.15) is 18.3 Å². The zero-order chi connectivity index (χ0) is 16.8. The molecule has 10 heteroatoms. The minimum absolute atomic E-state index is 0.0151. The fraction of sp³-hybridized carbons (Fsp3) is 0.538. The molecule has 124 valence electrons. The summed E-state index contributed by atoms with van der Waals surface area (Å²) in [4.78, 5) is 13.8. The van der Waals surface area contributed by atoms with Crippen molar-refractivity contribution >= 4 is 5.91 Å². The Bertz CT molecular complexity index is 747. The largest absolute Gasteiger partial charge is 0.451 e. The fourth-order valence-corrected chi connectivity index (χ4v) is 2.64. The van der Waals surface area contributed by atoms with E-state index in [1.165, 1.54) is 4.90 Å². The van der Waals surface area contributed by atoms with E-state index in [9.17, 15) is 18.0 Å². The summed E-state index contributed by atoms with van der Waals surface area (Å²) in [5, 5.41) is 11.0. The van der Waals surface area contributed by atoms with E-state index in [0.29, 0.717) is 0 Å². The maximum atomic E-state index is 12.8. The van der Waals surface area contributed by atoms with Crippen molar-refractivity contribution in [2.75, 3.05) is 6.54 Å². The molecular formula is C13H15F3N6O. The van der Waals surface area contributed by atoms with Gasteiger partial charge in [0.15, 0.2) is 5.82 Å². The van der Waals surface area contributed by atoms with Crippen LogP contribution in [0.2, 0.25) is 0 Å². The average Bonchev–Trinajstić information content (AvgIpc) is 3.01. The Morgan fingerprint density at radius 3 is 2.61 bits per heavy atom. The molecule has 0 bridgehead atoms. The summed E-state index contributed by atoms with van der Waals surface area (Å²) in [5.74, 6) is -1.08. The first-order valence-corrected chi connectivity index (χ1v) is 7.04. The van der Waals surface area contributed by atoms with Crippen molar-refractivity contribution < 1.29 is 18.0 Å². The molecule has 0 aliphatic carbocycles. The van der Waals surface area contributed by atoms with Crippen LogP contribution in [-0.2, 0) is 30.6 Å². The van der Waals surface area contributed by atoms with Gasteiger partial charge in [0.2, 0.25) is 11.7 Å². The van der Waals surface area contributed by atoms with E-state index in [1.807, 2.05) is 19.9 Å². The minimum atomic E-state index is -4.54. The van der Waals surface area contributed by atoms with Gasteiger partial charge in [-0.25, -0.2) is 0 Å². The molecule has 3 heterocycles. The van der Waals surface area contributed by atoms with Gasteiger partial charge in [0.25, 0.3) is 0 Å². The maximum absolute atomic E-state index is 12.8. The van der Waals surface area contributed by atoms with E-state index < -0.39 is 12.0 Å². The second-order valence-electron chi connectivity index (χ2n) is 5.49. The molecule has 0 N–H and O–H groups in total. The lowest BCUT2D eigenvalue weighted by atomic mass is 10.3. The Morgan fingerprint density at radius 2 is 2.00 bits per heavy atom. The first-order chi connectivity index (χ1) is 10.8. The molecule has 23 heavy (non-hydrogen) atoms. The van der Waals surface area contributed by atoms with Crippen molar-refractivity contribution in [3.05, 3.63) is 29.1 Å². The smallest absolute Gasteiger partial charge is 0.332 e. The van der Waals surface area contributed by atoms with Gasteiger partial charge in [-0.05, 0) is 19.9 Å². The Labute approximate surface area is 129 Å². The van der Waals surface area contributed by atoms with Gasteiger partial charge in [0, 0.05) is 18.8 Å². The highest BCUT2D eigenvalue weighted by Crippen LogP contribution is 2.29. The number of nitrogens with zero attached hydrogens (tertiary/aromatic N) is 6. The lowest BCUT2D eigenvalue weighted by molar-refractivity contribution is -0.148. The third-order valence-electron chi connectivity index (χ3n) is 3.75. The van der Waals surface area contributed by atoms with Crippen LogP contribution in [0.15, 0.2) is 6.07 Å². The molecule has 2 aromatic heterocycles. The quantitative estimate of drug-likeness (QED) is 0.829. The van der Waals surface area contributed by atoms with Crippen LogP contribution in [0, 0.1) is 13.8 Å². The molecule has 3 rings (SSSR count). The predicted octanol–water partition coefficient (Wildman–Crippen LogP) is 1.15. The minimum Gasteiger partial charge on any atom is -0.332 e. The number of fused-ring (bicyclic) bond motifs is 1. The van der Waals surface area contributed by atoms with Gasteiger partial charge in [-0.3, -0.25) is 9.48 Å². The summed E-state index contributed by atoms with van der Waals surface area (Å²) in [6, 6.07) is 1.86. The molecule has 0 unspecified atom stereocenters. The molecule has 0 atom stereocenters. The van der Waals surface area contributed by atoms with Crippen molar-refractivity contribution in [3.8, 4) is 0 Å². The summed E-state index contributed by atoms with van der Waals surface area (Å²) in [5.41, 5.74) is 1.67. The molecule has 0 radical (unpaired) electrons. The van der Waals surface area contributed by atoms with Crippen molar-refractivity contribution in [3.63, 3.8) is 0 Å². The van der Waals surface area contributed by atoms with Crippen molar-refractivity contribution in [1.29, 1.82) is 0 Å². The first kappa shape index (κ1) is 15.5. The zero-order valence-corrected chi connectivity index (χ0v) is 12.6. The number of hydrogen-bond acceptors (Lipinski definition) is 4. The van der Waals surface area contributed by atoms with E-state index in [0.717, 1.165) is 16.0 Å². The molecule has 1 aliphatic heterocycles. The molecular weight excluding hydrogens is 313 g/mol. The number of carbonyl (C=O) groups is 1. The standard InChI is InChI=1S/C13H15F3N6O/c1-8-5-9(2)22(19-8)7-11(23)20-3-4-21-10(6-20)17-18-12(21)13(14,15)16/h5H,3-4,6-7H2,1-2H3. The van der Waals surface area contributed by atoms with Gasteiger partial charge >= 0.3 is 6.18 Å². The molecule has 1 amide bonds. The highest BCUT2D eigenvalue weighted by atomic mass is 19.4. The Hall–Kier alpha value is -2.39. The third kappa shape index (κ3) is 2.92. The summed E-state index contributed by atoms with van der Waals surface area (Å²) in [6.07, 6.45) is -4.54. The van der Waals surface area contributed by atoms with Crippen LogP contribution < -0.4 is 0 Å². The van der Waals surface area contributed by atoms with Gasteiger partial charge < -0.3 is 9.47 Å². The predicted molar refractivity (Wildman–Crippen MR) is 72.1 cm³/mol. The van der Waals surface area contributed by atoms with Crippen LogP contribution >= 0.6 is 0 Å². The van der Waals surface area contributed by atoms with Crippen LogP contribution in [-0.4, -0.2) is 41.9 Å². The van der Waals surface area contributed by atoms with Crippen LogP contribution in [0.3, 0.4) is 0 Å². The van der Waals surface area contributed by atoms with E-state index in [1.54, 1.807) is 4.68 Å². The molecule has 0 saturated heterocycles. The molecule has 7 nitrogen and oxygen atoms in total. The number of aromatic nitrogens is 5. The van der Waals surface area contributed by atoms with E-state index in [2.05, 4.69) is 15.3 Å². The van der Waals surface area contributed by atoms with Crippen LogP contribution in [0.25, 0.3) is 0 Å². The number of aryl methyl sites for hydroxylation is 2. The molecule has 0 aromatic carbocycles. The number of halogens is 3. The summed E-state index contributed by atoms with van der Waals surface area (Å²) < 4.78 is 41.0. The van der Waals surface area contributed by atoms with Crippen molar-refractivity contribution in [2.45, 2.75) is 39.7 Å². The topological polar surface area (TPSA) is 68.8 Å². The van der Waals surface area contributed by atoms with Gasteiger partial charge in [0.05, 0.1) is 12.2 Å². The second-order valence-corrected chi connectivity index (χ2v) is 5.49. The average molecular weight is 328 g/mol. The normalized spacial score (nSPS) is 14.9. The van der Waals surface area contributed by atoms with Crippen molar-refractivity contribution in [2.24, 2.45) is 0 Å². The molecule has 1 aliphatic rings. The van der Waals surface area contributed by atoms with Crippen LogP contribution in [0.5, 0.6) is 0 Å². The lowest BCUT2D eigenvalue weighted by Crippen LogP contribution is -2.41. The summed E-state index contributed by atoms with van der Waals surface area (Å²) >= 11 is 0. The maximum Gasteiger partial charge on any atom is 0.451 e. The molecule has 2 aromatic rings. The SMILES string of the molecule is Cc1cc(C)n(CC(=O)N2CCn3c(nnc3C(F)(F)F)C2)n1. The second kappa shape index (κ2) is 5.36. The van der Waals surface area contributed by atoms with E-state index in [-0.39, 0.29) is 37.9 Å². The highest BCUT2D eigenvalue weighted by Gasteiger charge is 2.39. The summed E-state index contributed by atoms with van der Waals surface area (Å²) in [6.45, 7) is 3.96. The van der Waals surface area contributed by atoms with E-state index in [4.69, 9.17) is 0 Å². The van der Waals surface area contributed by atoms with Gasteiger partial charge in [-0.15, -0.1) is 10.2 Å². The Balaban J connectivity index is 1.73. The molecule has 0 fully saturated rings. The third-order valence-corrected chi connectivity index (χ3v) is 3.75. The molecule has 0 spiro atoms. The fourth-order valence-electron chi connectivity index (χ4n) is 2.64. The number of amides is 1. The Kier molecular flexibility index (Phi) is 3.61. The summed E-state index contributed by atoms with van der Waals surface area (Å²) in [7, 11) is 0.